The van der Waals surface area contributed by atoms with Gasteiger partial charge in [-0.1, -0.05) is 13.8 Å². The number of rotatable bonds is 5. The number of hydrogen-bond acceptors (Lipinski definition) is 1. The van der Waals surface area contributed by atoms with E-state index in [0.717, 1.165) is 13.0 Å². The Morgan fingerprint density at radius 2 is 2.07 bits per heavy atom. The van der Waals surface area contributed by atoms with Crippen LogP contribution in [0, 0.1) is 5.92 Å². The molecule has 1 heterocycles. The van der Waals surface area contributed by atoms with E-state index in [0.29, 0.717) is 5.92 Å². The van der Waals surface area contributed by atoms with Gasteiger partial charge in [0.25, 0.3) is 0 Å². The second-order valence-electron chi connectivity index (χ2n) is 4.16. The summed E-state index contributed by atoms with van der Waals surface area (Å²) < 4.78 is 4.21. The average molecular weight is 277 g/mol. The lowest BCUT2D eigenvalue weighted by atomic mass is 10.0. The summed E-state index contributed by atoms with van der Waals surface area (Å²) in [6.45, 7) is 7.67. The van der Waals surface area contributed by atoms with Crippen LogP contribution in [0.5, 0.6) is 0 Å². The highest BCUT2D eigenvalue weighted by atomic mass is 79.9. The van der Waals surface area contributed by atoms with Gasteiger partial charge >= 0.3 is 0 Å². The Hall–Kier alpha value is -0.350. The molecule has 0 saturated carbocycles. The van der Waals surface area contributed by atoms with Crippen LogP contribution in [0.3, 0.4) is 0 Å². The fourth-order valence-corrected chi connectivity index (χ4v) is 1.65. The van der Waals surface area contributed by atoms with E-state index in [1.807, 2.05) is 12.4 Å². The zero-order valence-corrected chi connectivity index (χ0v) is 11.3. The standard InChI is InChI=1S/C11H21N2O.BrH/c1-4-12-5-6-13(9-12)11(8-14)7-10(2)3;/h5-6,9-11,14H,4,7-8H2,1-3H3;1H/q+1;/p-1/t11-;/m0./s1. The van der Waals surface area contributed by atoms with Gasteiger partial charge in [0.05, 0.1) is 13.2 Å². The smallest absolute Gasteiger partial charge is 0.244 e. The molecule has 0 aromatic carbocycles. The molecule has 88 valence electrons. The number of aliphatic hydroxyl groups excluding tert-OH is 1. The predicted octanol–water partition coefficient (Wildman–Crippen LogP) is -1.62. The molecule has 0 spiro atoms. The molecule has 0 aliphatic heterocycles. The van der Waals surface area contributed by atoms with E-state index in [4.69, 9.17) is 0 Å². The van der Waals surface area contributed by atoms with Crippen LogP contribution >= 0.6 is 0 Å². The summed E-state index contributed by atoms with van der Waals surface area (Å²) in [7, 11) is 0. The molecule has 0 amide bonds. The molecule has 0 aliphatic rings. The van der Waals surface area contributed by atoms with Crippen molar-refractivity contribution in [1.29, 1.82) is 0 Å². The van der Waals surface area contributed by atoms with E-state index < -0.39 is 0 Å². The monoisotopic (exact) mass is 276 g/mol. The minimum absolute atomic E-state index is 0. The quantitative estimate of drug-likeness (QED) is 0.644. The Labute approximate surface area is 103 Å². The first-order valence-electron chi connectivity index (χ1n) is 5.34. The first-order chi connectivity index (χ1) is 6.67. The number of nitrogens with zero attached hydrogens (tertiary/aromatic N) is 2. The highest BCUT2D eigenvalue weighted by Crippen LogP contribution is 2.15. The van der Waals surface area contributed by atoms with Crippen LogP contribution < -0.4 is 21.5 Å². The fourth-order valence-electron chi connectivity index (χ4n) is 1.65. The molecule has 3 nitrogen and oxygen atoms in total. The maximum Gasteiger partial charge on any atom is 0.244 e. The molecule has 0 aliphatic carbocycles. The second kappa shape index (κ2) is 7.01. The Kier molecular flexibility index (Phi) is 6.85. The number of halogens is 1. The van der Waals surface area contributed by atoms with Gasteiger partial charge in [-0.15, -0.1) is 0 Å². The third kappa shape index (κ3) is 4.34. The maximum atomic E-state index is 9.28. The summed E-state index contributed by atoms with van der Waals surface area (Å²) in [4.78, 5) is 0. The zero-order chi connectivity index (χ0) is 10.6. The number of aryl methyl sites for hydroxylation is 1. The van der Waals surface area contributed by atoms with Crippen molar-refractivity contribution in [3.05, 3.63) is 18.7 Å². The Bertz CT molecular complexity index is 273. The fraction of sp³-hybridized carbons (Fsp3) is 0.727. The van der Waals surface area contributed by atoms with Crippen molar-refractivity contribution >= 4 is 0 Å². The van der Waals surface area contributed by atoms with Gasteiger partial charge in [-0.2, -0.15) is 0 Å². The lowest BCUT2D eigenvalue weighted by molar-refractivity contribution is -0.693. The summed E-state index contributed by atoms with van der Waals surface area (Å²) in [5.41, 5.74) is 0. The molecule has 1 aromatic rings. The molecule has 0 bridgehead atoms. The Morgan fingerprint density at radius 3 is 2.47 bits per heavy atom. The van der Waals surface area contributed by atoms with Gasteiger partial charge in [0.1, 0.15) is 18.4 Å². The van der Waals surface area contributed by atoms with Gasteiger partial charge in [-0.05, 0) is 19.3 Å². The van der Waals surface area contributed by atoms with Crippen molar-refractivity contribution < 1.29 is 26.7 Å². The predicted molar refractivity (Wildman–Crippen MR) is 55.9 cm³/mol. The third-order valence-electron chi connectivity index (χ3n) is 2.45. The zero-order valence-electron chi connectivity index (χ0n) is 9.73. The largest absolute Gasteiger partial charge is 1.00 e. The van der Waals surface area contributed by atoms with Crippen LogP contribution in [0.1, 0.15) is 33.2 Å². The minimum Gasteiger partial charge on any atom is -1.00 e. The SMILES string of the molecule is CC[n+]1ccn([C@H](CO)CC(C)C)c1.[Br-]. The van der Waals surface area contributed by atoms with Gasteiger partial charge < -0.3 is 22.1 Å². The lowest BCUT2D eigenvalue weighted by Crippen LogP contribution is -3.00. The van der Waals surface area contributed by atoms with Crippen LogP contribution in [0.4, 0.5) is 0 Å². The van der Waals surface area contributed by atoms with E-state index in [2.05, 4.69) is 36.2 Å². The van der Waals surface area contributed by atoms with Gasteiger partial charge in [0, 0.05) is 0 Å². The van der Waals surface area contributed by atoms with Gasteiger partial charge in [0.15, 0.2) is 0 Å². The molecular formula is C11H21BrN2O. The topological polar surface area (TPSA) is 29.0 Å². The summed E-state index contributed by atoms with van der Waals surface area (Å²) in [6, 6.07) is 0.225. The van der Waals surface area contributed by atoms with Crippen LogP contribution in [0.2, 0.25) is 0 Å². The minimum atomic E-state index is 0. The van der Waals surface area contributed by atoms with Crippen LogP contribution in [-0.4, -0.2) is 16.3 Å². The Morgan fingerprint density at radius 1 is 1.40 bits per heavy atom. The first kappa shape index (κ1) is 14.6. The van der Waals surface area contributed by atoms with E-state index in [1.165, 1.54) is 0 Å². The van der Waals surface area contributed by atoms with Crippen LogP contribution in [-0.2, 0) is 6.54 Å². The molecule has 1 aromatic heterocycles. The maximum absolute atomic E-state index is 9.28. The van der Waals surface area contributed by atoms with Gasteiger partial charge in [-0.25, -0.2) is 9.13 Å². The molecule has 0 fully saturated rings. The number of hydrogen-bond donors (Lipinski definition) is 1. The molecule has 1 atom stereocenters. The van der Waals surface area contributed by atoms with Gasteiger partial charge in [-0.3, -0.25) is 0 Å². The van der Waals surface area contributed by atoms with E-state index in [9.17, 15) is 5.11 Å². The summed E-state index contributed by atoms with van der Waals surface area (Å²) in [5, 5.41) is 9.28. The van der Waals surface area contributed by atoms with Crippen molar-refractivity contribution in [3.63, 3.8) is 0 Å². The number of imidazole rings is 1. The highest BCUT2D eigenvalue weighted by molar-refractivity contribution is 4.75. The third-order valence-corrected chi connectivity index (χ3v) is 2.45. The van der Waals surface area contributed by atoms with Crippen molar-refractivity contribution in [2.24, 2.45) is 5.92 Å². The van der Waals surface area contributed by atoms with E-state index >= 15 is 0 Å². The van der Waals surface area contributed by atoms with E-state index in [1.54, 1.807) is 0 Å². The van der Waals surface area contributed by atoms with Crippen molar-refractivity contribution in [3.8, 4) is 0 Å². The van der Waals surface area contributed by atoms with E-state index in [-0.39, 0.29) is 29.6 Å². The summed E-state index contributed by atoms with van der Waals surface area (Å²) in [6.07, 6.45) is 7.16. The van der Waals surface area contributed by atoms with Crippen LogP contribution in [0.25, 0.3) is 0 Å². The normalized spacial score (nSPS) is 12.6. The summed E-state index contributed by atoms with van der Waals surface area (Å²) in [5.74, 6) is 0.615. The van der Waals surface area contributed by atoms with Crippen molar-refractivity contribution in [2.75, 3.05) is 6.61 Å². The van der Waals surface area contributed by atoms with Gasteiger partial charge in [0.2, 0.25) is 6.33 Å². The molecule has 1 rings (SSSR count). The van der Waals surface area contributed by atoms with Crippen LogP contribution in [0.15, 0.2) is 18.7 Å². The number of aromatic nitrogens is 2. The number of aliphatic hydroxyl groups is 1. The molecular weight excluding hydrogens is 256 g/mol. The van der Waals surface area contributed by atoms with Crippen molar-refractivity contribution in [1.82, 2.24) is 4.57 Å². The Balaban J connectivity index is 0.00000196. The van der Waals surface area contributed by atoms with Crippen molar-refractivity contribution in [2.45, 2.75) is 39.8 Å². The summed E-state index contributed by atoms with van der Waals surface area (Å²) >= 11 is 0. The molecule has 0 unspecified atom stereocenters. The lowest BCUT2D eigenvalue weighted by Gasteiger charge is -2.12. The second-order valence-corrected chi connectivity index (χ2v) is 4.16. The molecule has 15 heavy (non-hydrogen) atoms. The molecule has 0 radical (unpaired) electrons. The molecule has 0 saturated heterocycles. The molecule has 4 heteroatoms. The average Bonchev–Trinajstić information content (AvgIpc) is 2.62. The molecule has 1 N–H and O–H groups in total. The highest BCUT2D eigenvalue weighted by Gasteiger charge is 2.16. The first-order valence-corrected chi connectivity index (χ1v) is 5.34.